The topological polar surface area (TPSA) is 46.6 Å². The maximum absolute atomic E-state index is 12.5. The van der Waals surface area contributed by atoms with Crippen molar-refractivity contribution in [3.05, 3.63) is 58.3 Å². The molecule has 0 atom stereocenters. The highest BCUT2D eigenvalue weighted by molar-refractivity contribution is 7.08. The molecule has 0 radical (unpaired) electrons. The first-order valence-electron chi connectivity index (χ1n) is 7.63. The third kappa shape index (κ3) is 2.88. The van der Waals surface area contributed by atoms with E-state index in [1.807, 2.05) is 52.1 Å². The SMILES string of the molecule is COC(=O)C1(c2ccccc2)CCN(C(=O)c2ccsc2)CC1. The van der Waals surface area contributed by atoms with E-state index in [1.54, 1.807) is 0 Å². The maximum Gasteiger partial charge on any atom is 0.316 e. The molecule has 23 heavy (non-hydrogen) atoms. The highest BCUT2D eigenvalue weighted by Crippen LogP contribution is 2.37. The van der Waals surface area contributed by atoms with Crippen LogP contribution in [0.5, 0.6) is 0 Å². The van der Waals surface area contributed by atoms with Gasteiger partial charge < -0.3 is 9.64 Å². The molecule has 0 unspecified atom stereocenters. The van der Waals surface area contributed by atoms with Crippen molar-refractivity contribution in [3.8, 4) is 0 Å². The van der Waals surface area contributed by atoms with E-state index in [4.69, 9.17) is 4.74 Å². The van der Waals surface area contributed by atoms with Gasteiger partial charge in [-0.2, -0.15) is 11.3 Å². The second-order valence-electron chi connectivity index (χ2n) is 5.74. The van der Waals surface area contributed by atoms with Gasteiger partial charge in [-0.15, -0.1) is 0 Å². The van der Waals surface area contributed by atoms with Crippen LogP contribution < -0.4 is 0 Å². The summed E-state index contributed by atoms with van der Waals surface area (Å²) in [6.07, 6.45) is 1.17. The van der Waals surface area contributed by atoms with Gasteiger partial charge in [-0.25, -0.2) is 0 Å². The van der Waals surface area contributed by atoms with Crippen LogP contribution in [-0.2, 0) is 14.9 Å². The molecule has 120 valence electrons. The lowest BCUT2D eigenvalue weighted by atomic mass is 9.72. The first kappa shape index (κ1) is 15.7. The van der Waals surface area contributed by atoms with Crippen molar-refractivity contribution in [1.82, 2.24) is 4.90 Å². The average molecular weight is 329 g/mol. The van der Waals surface area contributed by atoms with Gasteiger partial charge in [0.05, 0.1) is 18.1 Å². The van der Waals surface area contributed by atoms with Crippen molar-refractivity contribution in [3.63, 3.8) is 0 Å². The molecule has 5 heteroatoms. The Kier molecular flexibility index (Phi) is 4.48. The number of ether oxygens (including phenoxy) is 1. The van der Waals surface area contributed by atoms with Crippen LogP contribution in [0.1, 0.15) is 28.8 Å². The number of methoxy groups -OCH3 is 1. The van der Waals surface area contributed by atoms with Gasteiger partial charge in [0.1, 0.15) is 0 Å². The van der Waals surface area contributed by atoms with Crippen LogP contribution in [0.2, 0.25) is 0 Å². The Hall–Kier alpha value is -2.14. The van der Waals surface area contributed by atoms with Crippen LogP contribution in [-0.4, -0.2) is 37.0 Å². The molecule has 1 aliphatic rings. The number of carbonyl (C=O) groups excluding carboxylic acids is 2. The fraction of sp³-hybridized carbons (Fsp3) is 0.333. The molecular weight excluding hydrogens is 310 g/mol. The minimum absolute atomic E-state index is 0.0396. The van der Waals surface area contributed by atoms with Crippen LogP contribution in [0, 0.1) is 0 Å². The summed E-state index contributed by atoms with van der Waals surface area (Å²) in [5.41, 5.74) is 1.04. The van der Waals surface area contributed by atoms with Crippen LogP contribution in [0.4, 0.5) is 0 Å². The Balaban J connectivity index is 1.81. The van der Waals surface area contributed by atoms with Gasteiger partial charge in [0, 0.05) is 18.5 Å². The fourth-order valence-electron chi connectivity index (χ4n) is 3.22. The zero-order valence-electron chi connectivity index (χ0n) is 13.0. The van der Waals surface area contributed by atoms with Gasteiger partial charge >= 0.3 is 5.97 Å². The quantitative estimate of drug-likeness (QED) is 0.813. The lowest BCUT2D eigenvalue weighted by molar-refractivity contribution is -0.149. The Bertz CT molecular complexity index is 674. The molecule has 2 aromatic rings. The molecule has 1 amide bonds. The van der Waals surface area contributed by atoms with Crippen molar-refractivity contribution >= 4 is 23.2 Å². The second kappa shape index (κ2) is 6.54. The molecule has 0 bridgehead atoms. The molecule has 0 N–H and O–H groups in total. The molecule has 0 aliphatic carbocycles. The summed E-state index contributed by atoms with van der Waals surface area (Å²) >= 11 is 1.52. The predicted octanol–water partition coefficient (Wildman–Crippen LogP) is 3.10. The molecule has 2 heterocycles. The number of hydrogen-bond acceptors (Lipinski definition) is 4. The number of hydrogen-bond donors (Lipinski definition) is 0. The molecule has 3 rings (SSSR count). The van der Waals surface area contributed by atoms with E-state index in [1.165, 1.54) is 18.4 Å². The molecule has 1 saturated heterocycles. The van der Waals surface area contributed by atoms with E-state index in [9.17, 15) is 9.59 Å². The number of thiophene rings is 1. The average Bonchev–Trinajstić information content (AvgIpc) is 3.16. The van der Waals surface area contributed by atoms with Crippen molar-refractivity contribution < 1.29 is 14.3 Å². The van der Waals surface area contributed by atoms with Crippen molar-refractivity contribution in [1.29, 1.82) is 0 Å². The summed E-state index contributed by atoms with van der Waals surface area (Å²) in [6.45, 7) is 1.11. The Morgan fingerprint density at radius 2 is 1.83 bits per heavy atom. The molecule has 1 aromatic heterocycles. The standard InChI is InChI=1S/C18H19NO3S/c1-22-17(21)18(15-5-3-2-4-6-15)8-10-19(11-9-18)16(20)14-7-12-23-13-14/h2-7,12-13H,8-11H2,1H3. The van der Waals surface area contributed by atoms with Gasteiger partial charge in [0.15, 0.2) is 0 Å². The van der Waals surface area contributed by atoms with E-state index in [2.05, 4.69) is 0 Å². The molecule has 4 nitrogen and oxygen atoms in total. The summed E-state index contributed by atoms with van der Waals surface area (Å²) in [5, 5.41) is 3.77. The highest BCUT2D eigenvalue weighted by atomic mass is 32.1. The zero-order chi connectivity index (χ0) is 16.3. The van der Waals surface area contributed by atoms with E-state index >= 15 is 0 Å². The summed E-state index contributed by atoms with van der Waals surface area (Å²) in [5.74, 6) is -0.177. The maximum atomic E-state index is 12.5. The van der Waals surface area contributed by atoms with Gasteiger partial charge in [0.25, 0.3) is 5.91 Å². The predicted molar refractivity (Wildman–Crippen MR) is 89.6 cm³/mol. The van der Waals surface area contributed by atoms with Crippen LogP contribution in [0.3, 0.4) is 0 Å². The Morgan fingerprint density at radius 1 is 1.13 bits per heavy atom. The van der Waals surface area contributed by atoms with E-state index < -0.39 is 5.41 Å². The van der Waals surface area contributed by atoms with Crippen LogP contribution in [0.25, 0.3) is 0 Å². The lowest BCUT2D eigenvalue weighted by Crippen LogP contribution is -2.49. The van der Waals surface area contributed by atoms with E-state index in [-0.39, 0.29) is 11.9 Å². The van der Waals surface area contributed by atoms with Gasteiger partial charge in [-0.1, -0.05) is 30.3 Å². The number of carbonyl (C=O) groups is 2. The largest absolute Gasteiger partial charge is 0.468 e. The number of esters is 1. The highest BCUT2D eigenvalue weighted by Gasteiger charge is 2.44. The first-order valence-corrected chi connectivity index (χ1v) is 8.57. The third-order valence-electron chi connectivity index (χ3n) is 4.57. The van der Waals surface area contributed by atoms with Gasteiger partial charge in [-0.3, -0.25) is 9.59 Å². The Labute approximate surface area is 139 Å². The van der Waals surface area contributed by atoms with E-state index in [0.29, 0.717) is 25.9 Å². The number of piperidine rings is 1. The molecule has 1 aromatic carbocycles. The first-order chi connectivity index (χ1) is 11.2. The zero-order valence-corrected chi connectivity index (χ0v) is 13.8. The van der Waals surface area contributed by atoms with Crippen molar-refractivity contribution in [2.45, 2.75) is 18.3 Å². The van der Waals surface area contributed by atoms with Crippen LogP contribution in [0.15, 0.2) is 47.2 Å². The molecule has 0 saturated carbocycles. The molecule has 0 spiro atoms. The second-order valence-corrected chi connectivity index (χ2v) is 6.52. The summed E-state index contributed by atoms with van der Waals surface area (Å²) in [6, 6.07) is 11.6. The van der Waals surface area contributed by atoms with Crippen LogP contribution >= 0.6 is 11.3 Å². The Morgan fingerprint density at radius 3 is 2.39 bits per heavy atom. The molecule has 1 aliphatic heterocycles. The number of benzene rings is 1. The number of rotatable bonds is 3. The number of amides is 1. The summed E-state index contributed by atoms with van der Waals surface area (Å²) < 4.78 is 5.07. The normalized spacial score (nSPS) is 16.8. The minimum atomic E-state index is -0.651. The number of nitrogens with zero attached hydrogens (tertiary/aromatic N) is 1. The fourth-order valence-corrected chi connectivity index (χ4v) is 3.85. The van der Waals surface area contributed by atoms with Gasteiger partial charge in [0.2, 0.25) is 0 Å². The smallest absolute Gasteiger partial charge is 0.316 e. The summed E-state index contributed by atoms with van der Waals surface area (Å²) in [7, 11) is 1.43. The third-order valence-corrected chi connectivity index (χ3v) is 5.26. The lowest BCUT2D eigenvalue weighted by Gasteiger charge is -2.40. The molecular formula is C18H19NO3S. The van der Waals surface area contributed by atoms with Crippen molar-refractivity contribution in [2.75, 3.05) is 20.2 Å². The number of likely N-dealkylation sites (tertiary alicyclic amines) is 1. The molecule has 1 fully saturated rings. The summed E-state index contributed by atoms with van der Waals surface area (Å²) in [4.78, 5) is 26.8. The van der Waals surface area contributed by atoms with E-state index in [0.717, 1.165) is 11.1 Å². The van der Waals surface area contributed by atoms with Crippen molar-refractivity contribution in [2.24, 2.45) is 0 Å². The van der Waals surface area contributed by atoms with Gasteiger partial charge in [-0.05, 0) is 29.9 Å². The monoisotopic (exact) mass is 329 g/mol. The minimum Gasteiger partial charge on any atom is -0.468 e.